The number of aromatic nitrogens is 1. The molecule has 0 atom stereocenters. The Morgan fingerprint density at radius 3 is 2.78 bits per heavy atom. The van der Waals surface area contributed by atoms with E-state index in [2.05, 4.69) is 27.6 Å². The third-order valence-corrected chi connectivity index (χ3v) is 2.86. The van der Waals surface area contributed by atoms with Gasteiger partial charge in [-0.25, -0.2) is 4.98 Å². The first-order valence-electron chi connectivity index (χ1n) is 5.12. The lowest BCUT2D eigenvalue weighted by atomic mass is 10.3. The van der Waals surface area contributed by atoms with Crippen molar-refractivity contribution in [2.24, 2.45) is 0 Å². The quantitative estimate of drug-likeness (QED) is 0.478. The zero-order valence-corrected chi connectivity index (χ0v) is 11.6. The van der Waals surface area contributed by atoms with Crippen molar-refractivity contribution in [3.63, 3.8) is 0 Å². The first-order valence-corrected chi connectivity index (χ1v) is 6.19. The molecule has 0 aliphatic heterocycles. The molecule has 92 valence electrons. The Labute approximate surface area is 117 Å². The maximum absolute atomic E-state index is 10.9. The largest absolute Gasteiger partial charge is 0.434 e. The van der Waals surface area contributed by atoms with Crippen LogP contribution in [0.2, 0.25) is 0 Å². The summed E-state index contributed by atoms with van der Waals surface area (Å²) in [4.78, 5) is 14.4. The molecule has 0 saturated carbocycles. The van der Waals surface area contributed by atoms with Crippen molar-refractivity contribution in [3.05, 3.63) is 55.8 Å². The van der Waals surface area contributed by atoms with E-state index in [1.807, 2.05) is 12.1 Å². The van der Waals surface area contributed by atoms with Gasteiger partial charge in [-0.2, -0.15) is 0 Å². The van der Waals surface area contributed by atoms with Crippen molar-refractivity contribution < 1.29 is 9.66 Å². The van der Waals surface area contributed by atoms with E-state index in [0.717, 1.165) is 3.57 Å². The van der Waals surface area contributed by atoms with Crippen molar-refractivity contribution in [1.82, 2.24) is 4.98 Å². The van der Waals surface area contributed by atoms with E-state index in [0.29, 0.717) is 11.4 Å². The smallest absolute Gasteiger partial charge is 0.331 e. The van der Waals surface area contributed by atoms with Gasteiger partial charge >= 0.3 is 5.69 Å². The van der Waals surface area contributed by atoms with Crippen LogP contribution in [0.4, 0.5) is 5.69 Å². The van der Waals surface area contributed by atoms with Gasteiger partial charge in [0.1, 0.15) is 5.75 Å². The van der Waals surface area contributed by atoms with Crippen molar-refractivity contribution in [2.45, 2.75) is 6.92 Å². The number of pyridine rings is 1. The molecule has 5 nitrogen and oxygen atoms in total. The van der Waals surface area contributed by atoms with Crippen molar-refractivity contribution in [3.8, 4) is 11.6 Å². The second kappa shape index (κ2) is 5.30. The maximum atomic E-state index is 10.9. The summed E-state index contributed by atoms with van der Waals surface area (Å²) in [5.41, 5.74) is 0.528. The fraction of sp³-hybridized carbons (Fsp3) is 0.0833. The van der Waals surface area contributed by atoms with Crippen LogP contribution in [0.3, 0.4) is 0 Å². The average molecular weight is 356 g/mol. The monoisotopic (exact) mass is 356 g/mol. The average Bonchev–Trinajstić information content (AvgIpc) is 2.28. The van der Waals surface area contributed by atoms with Crippen molar-refractivity contribution in [2.75, 3.05) is 0 Å². The molecular weight excluding hydrogens is 347 g/mol. The number of halogens is 1. The molecule has 1 aromatic heterocycles. The fourth-order valence-electron chi connectivity index (χ4n) is 1.38. The molecule has 2 aromatic rings. The van der Waals surface area contributed by atoms with Crippen LogP contribution in [0.15, 0.2) is 36.4 Å². The Morgan fingerprint density at radius 2 is 2.11 bits per heavy atom. The molecule has 1 aromatic carbocycles. The fourth-order valence-corrected chi connectivity index (χ4v) is 1.90. The van der Waals surface area contributed by atoms with Crippen LogP contribution in [0.1, 0.15) is 5.69 Å². The first-order chi connectivity index (χ1) is 8.56. The Morgan fingerprint density at radius 1 is 1.33 bits per heavy atom. The summed E-state index contributed by atoms with van der Waals surface area (Å²) in [6.07, 6.45) is 0. The highest BCUT2D eigenvalue weighted by atomic mass is 127. The molecule has 6 heteroatoms. The standard InChI is InChI=1S/C12H9IN2O3/c1-8-5-6-11(15(16)17)12(14-8)18-10-4-2-3-9(13)7-10/h2-7H,1H3. The van der Waals surface area contributed by atoms with Gasteiger partial charge in [-0.1, -0.05) is 6.07 Å². The van der Waals surface area contributed by atoms with Crippen LogP contribution in [-0.2, 0) is 0 Å². The van der Waals surface area contributed by atoms with Gasteiger partial charge < -0.3 is 4.74 Å². The van der Waals surface area contributed by atoms with Gasteiger partial charge in [0.15, 0.2) is 0 Å². The SMILES string of the molecule is Cc1ccc([N+](=O)[O-])c(Oc2cccc(I)c2)n1. The van der Waals surface area contributed by atoms with Gasteiger partial charge in [0.2, 0.25) is 0 Å². The molecular formula is C12H9IN2O3. The molecule has 0 aliphatic rings. The molecule has 18 heavy (non-hydrogen) atoms. The van der Waals surface area contributed by atoms with E-state index in [-0.39, 0.29) is 11.6 Å². The van der Waals surface area contributed by atoms with Gasteiger partial charge in [-0.15, -0.1) is 0 Å². The lowest BCUT2D eigenvalue weighted by molar-refractivity contribution is -0.386. The molecule has 0 aliphatic carbocycles. The number of aryl methyl sites for hydroxylation is 1. The van der Waals surface area contributed by atoms with Gasteiger partial charge in [0.25, 0.3) is 5.88 Å². The first kappa shape index (κ1) is 12.7. The number of rotatable bonds is 3. The number of nitrogens with zero attached hydrogens (tertiary/aromatic N) is 2. The summed E-state index contributed by atoms with van der Waals surface area (Å²) < 4.78 is 6.46. The lowest BCUT2D eigenvalue weighted by Gasteiger charge is -2.06. The minimum absolute atomic E-state index is 0.0157. The lowest BCUT2D eigenvalue weighted by Crippen LogP contribution is -1.97. The van der Waals surface area contributed by atoms with E-state index in [9.17, 15) is 10.1 Å². The number of hydrogen-bond acceptors (Lipinski definition) is 4. The van der Waals surface area contributed by atoms with Gasteiger partial charge in [-0.05, 0) is 53.8 Å². The topological polar surface area (TPSA) is 65.3 Å². The van der Waals surface area contributed by atoms with E-state index >= 15 is 0 Å². The number of nitro groups is 1. The zero-order chi connectivity index (χ0) is 13.1. The van der Waals surface area contributed by atoms with Crippen molar-refractivity contribution >= 4 is 28.3 Å². The molecule has 0 radical (unpaired) electrons. The molecule has 0 bridgehead atoms. The van der Waals surface area contributed by atoms with E-state index in [1.165, 1.54) is 6.07 Å². The Hall–Kier alpha value is -1.70. The predicted molar refractivity (Wildman–Crippen MR) is 74.9 cm³/mol. The summed E-state index contributed by atoms with van der Waals surface area (Å²) in [7, 11) is 0. The maximum Gasteiger partial charge on any atom is 0.331 e. The highest BCUT2D eigenvalue weighted by molar-refractivity contribution is 14.1. The molecule has 0 spiro atoms. The molecule has 2 rings (SSSR count). The molecule has 0 amide bonds. The second-order valence-electron chi connectivity index (χ2n) is 3.59. The number of benzene rings is 1. The van der Waals surface area contributed by atoms with Gasteiger partial charge in [-0.3, -0.25) is 10.1 Å². The number of ether oxygens (including phenoxy) is 1. The van der Waals surface area contributed by atoms with Crippen LogP contribution >= 0.6 is 22.6 Å². The molecule has 0 fully saturated rings. The minimum atomic E-state index is -0.504. The van der Waals surface area contributed by atoms with Crippen molar-refractivity contribution in [1.29, 1.82) is 0 Å². The summed E-state index contributed by atoms with van der Waals surface area (Å²) in [6.45, 7) is 1.76. The normalized spacial score (nSPS) is 10.1. The summed E-state index contributed by atoms with van der Waals surface area (Å²) in [5, 5.41) is 10.9. The highest BCUT2D eigenvalue weighted by Crippen LogP contribution is 2.29. The van der Waals surface area contributed by atoms with E-state index in [1.54, 1.807) is 25.1 Å². The van der Waals surface area contributed by atoms with Crippen LogP contribution in [0.25, 0.3) is 0 Å². The van der Waals surface area contributed by atoms with E-state index < -0.39 is 4.92 Å². The molecule has 1 heterocycles. The third-order valence-electron chi connectivity index (χ3n) is 2.19. The van der Waals surface area contributed by atoms with Crippen LogP contribution in [0, 0.1) is 20.6 Å². The summed E-state index contributed by atoms with van der Waals surface area (Å²) in [5.74, 6) is 0.546. The third kappa shape index (κ3) is 2.95. The minimum Gasteiger partial charge on any atom is -0.434 e. The van der Waals surface area contributed by atoms with E-state index in [4.69, 9.17) is 4.74 Å². The van der Waals surface area contributed by atoms with Gasteiger partial charge in [0, 0.05) is 15.3 Å². The Bertz CT molecular complexity index is 602. The van der Waals surface area contributed by atoms with Gasteiger partial charge in [0.05, 0.1) is 4.92 Å². The van der Waals surface area contributed by atoms with Crippen LogP contribution in [0.5, 0.6) is 11.6 Å². The van der Waals surface area contributed by atoms with Crippen LogP contribution in [-0.4, -0.2) is 9.91 Å². The molecule has 0 saturated heterocycles. The highest BCUT2D eigenvalue weighted by Gasteiger charge is 2.17. The summed E-state index contributed by atoms with van der Waals surface area (Å²) >= 11 is 2.14. The zero-order valence-electron chi connectivity index (χ0n) is 9.46. The Balaban J connectivity index is 2.39. The second-order valence-corrected chi connectivity index (χ2v) is 4.84. The number of hydrogen-bond donors (Lipinski definition) is 0. The van der Waals surface area contributed by atoms with Crippen LogP contribution < -0.4 is 4.74 Å². The Kier molecular flexibility index (Phi) is 3.75. The molecule has 0 unspecified atom stereocenters. The summed E-state index contributed by atoms with van der Waals surface area (Å²) in [6, 6.07) is 10.2. The predicted octanol–water partition coefficient (Wildman–Crippen LogP) is 3.70. The molecule has 0 N–H and O–H groups in total.